The molecule has 0 saturated heterocycles. The van der Waals surface area contributed by atoms with Gasteiger partial charge in [0, 0.05) is 10.0 Å². The van der Waals surface area contributed by atoms with Gasteiger partial charge in [-0.05, 0) is 42.8 Å². The number of ether oxygens (including phenoxy) is 1. The van der Waals surface area contributed by atoms with Gasteiger partial charge in [0.1, 0.15) is 5.92 Å². The molecule has 0 radical (unpaired) electrons. The van der Waals surface area contributed by atoms with Gasteiger partial charge in [0.15, 0.2) is 5.71 Å². The van der Waals surface area contributed by atoms with Gasteiger partial charge < -0.3 is 4.74 Å². The fourth-order valence-corrected chi connectivity index (χ4v) is 3.72. The summed E-state index contributed by atoms with van der Waals surface area (Å²) in [7, 11) is 0. The maximum atomic E-state index is 14.1. The summed E-state index contributed by atoms with van der Waals surface area (Å²) >= 11 is 18.0. The molecule has 0 fully saturated rings. The first-order valence-electron chi connectivity index (χ1n) is 8.45. The van der Waals surface area contributed by atoms with Crippen molar-refractivity contribution in [3.8, 4) is 0 Å². The minimum atomic E-state index is -4.77. The molecular formula is C19H14Cl3F3N2O2. The van der Waals surface area contributed by atoms with Crippen LogP contribution >= 0.6 is 34.8 Å². The minimum absolute atomic E-state index is 0.0876. The number of nitrogens with zero attached hydrogens (tertiary/aromatic N) is 2. The Kier molecular flexibility index (Phi) is 6.31. The Morgan fingerprint density at radius 2 is 1.72 bits per heavy atom. The standard InChI is InChI=1S/C19H14Cl3F3N2O2/c1-2-29-18(28)16-15(19(23,24)25)17(10-3-5-11(20)6-4-10)27(26-16)14-8-7-12(21)9-13(14)22/h3-9,15,17H,2H2,1H3/t15-,17+/m1/s1. The van der Waals surface area contributed by atoms with Crippen LogP contribution in [0.25, 0.3) is 0 Å². The molecule has 1 aliphatic heterocycles. The van der Waals surface area contributed by atoms with Crippen molar-refractivity contribution < 1.29 is 22.7 Å². The molecular weight excluding hydrogens is 452 g/mol. The van der Waals surface area contributed by atoms with E-state index >= 15 is 0 Å². The molecule has 4 nitrogen and oxygen atoms in total. The molecule has 29 heavy (non-hydrogen) atoms. The third-order valence-electron chi connectivity index (χ3n) is 4.29. The van der Waals surface area contributed by atoms with E-state index in [-0.39, 0.29) is 22.9 Å². The highest BCUT2D eigenvalue weighted by atomic mass is 35.5. The fraction of sp³-hybridized carbons (Fsp3) is 0.263. The Bertz CT molecular complexity index is 949. The Balaban J connectivity index is 2.20. The number of alkyl halides is 3. The molecule has 0 N–H and O–H groups in total. The van der Waals surface area contributed by atoms with Crippen LogP contribution in [-0.2, 0) is 9.53 Å². The summed E-state index contributed by atoms with van der Waals surface area (Å²) in [4.78, 5) is 12.3. The highest BCUT2D eigenvalue weighted by Crippen LogP contribution is 2.48. The smallest absolute Gasteiger partial charge is 0.400 e. The van der Waals surface area contributed by atoms with E-state index in [1.807, 2.05) is 0 Å². The summed E-state index contributed by atoms with van der Waals surface area (Å²) in [5, 5.41) is 5.82. The third kappa shape index (κ3) is 4.47. The number of hydrazone groups is 1. The van der Waals surface area contributed by atoms with Crippen molar-refractivity contribution in [1.82, 2.24) is 0 Å². The minimum Gasteiger partial charge on any atom is -0.461 e. The van der Waals surface area contributed by atoms with Crippen LogP contribution in [0.5, 0.6) is 0 Å². The molecule has 0 amide bonds. The summed E-state index contributed by atoms with van der Waals surface area (Å²) in [6.45, 7) is 1.41. The van der Waals surface area contributed by atoms with Gasteiger partial charge >= 0.3 is 12.1 Å². The topological polar surface area (TPSA) is 41.9 Å². The highest BCUT2D eigenvalue weighted by molar-refractivity contribution is 6.39. The maximum Gasteiger partial charge on any atom is 0.400 e. The first kappa shape index (κ1) is 21.7. The lowest BCUT2D eigenvalue weighted by molar-refractivity contribution is -0.162. The van der Waals surface area contributed by atoms with Gasteiger partial charge in [0.2, 0.25) is 0 Å². The van der Waals surface area contributed by atoms with E-state index in [1.54, 1.807) is 0 Å². The lowest BCUT2D eigenvalue weighted by Gasteiger charge is -2.30. The largest absolute Gasteiger partial charge is 0.461 e. The number of benzene rings is 2. The lowest BCUT2D eigenvalue weighted by Crippen LogP contribution is -2.39. The number of anilines is 1. The van der Waals surface area contributed by atoms with Crippen LogP contribution in [-0.4, -0.2) is 24.5 Å². The second-order valence-electron chi connectivity index (χ2n) is 6.16. The van der Waals surface area contributed by atoms with E-state index in [2.05, 4.69) is 5.10 Å². The maximum absolute atomic E-state index is 14.1. The average Bonchev–Trinajstić information content (AvgIpc) is 3.03. The molecule has 0 unspecified atom stereocenters. The Morgan fingerprint density at radius 1 is 1.10 bits per heavy atom. The van der Waals surface area contributed by atoms with Crippen molar-refractivity contribution >= 4 is 52.2 Å². The second kappa shape index (κ2) is 8.42. The predicted octanol–water partition coefficient (Wildman–Crippen LogP) is 6.31. The summed E-state index contributed by atoms with van der Waals surface area (Å²) in [6, 6.07) is 8.75. The van der Waals surface area contributed by atoms with E-state index in [9.17, 15) is 18.0 Å². The van der Waals surface area contributed by atoms with Gasteiger partial charge in [-0.2, -0.15) is 18.3 Å². The summed E-state index contributed by atoms with van der Waals surface area (Å²) in [5.41, 5.74) is -0.319. The van der Waals surface area contributed by atoms with Gasteiger partial charge in [-0.3, -0.25) is 5.01 Å². The Morgan fingerprint density at radius 3 is 2.28 bits per heavy atom. The quantitative estimate of drug-likeness (QED) is 0.497. The molecule has 1 heterocycles. The normalized spacial score (nSPS) is 19.3. The molecule has 154 valence electrons. The lowest BCUT2D eigenvalue weighted by atomic mass is 9.89. The van der Waals surface area contributed by atoms with Gasteiger partial charge in [-0.25, -0.2) is 4.79 Å². The average molecular weight is 466 g/mol. The van der Waals surface area contributed by atoms with Crippen molar-refractivity contribution in [2.45, 2.75) is 19.1 Å². The number of halogens is 6. The van der Waals surface area contributed by atoms with Crippen LogP contribution in [0.15, 0.2) is 47.6 Å². The van der Waals surface area contributed by atoms with E-state index in [0.717, 1.165) is 5.01 Å². The van der Waals surface area contributed by atoms with E-state index < -0.39 is 29.8 Å². The van der Waals surface area contributed by atoms with E-state index in [0.29, 0.717) is 10.0 Å². The van der Waals surface area contributed by atoms with E-state index in [4.69, 9.17) is 39.5 Å². The molecule has 0 saturated carbocycles. The van der Waals surface area contributed by atoms with Gasteiger partial charge in [0.05, 0.1) is 23.4 Å². The third-order valence-corrected chi connectivity index (χ3v) is 5.08. The Hall–Kier alpha value is -1.96. The Labute approximate surface area is 179 Å². The van der Waals surface area contributed by atoms with Crippen LogP contribution in [0.3, 0.4) is 0 Å². The van der Waals surface area contributed by atoms with Crippen molar-refractivity contribution in [2.75, 3.05) is 11.6 Å². The van der Waals surface area contributed by atoms with Gasteiger partial charge in [-0.1, -0.05) is 46.9 Å². The first-order valence-corrected chi connectivity index (χ1v) is 9.59. The monoisotopic (exact) mass is 464 g/mol. The molecule has 3 rings (SSSR count). The zero-order chi connectivity index (χ0) is 21.3. The zero-order valence-corrected chi connectivity index (χ0v) is 17.1. The number of carbonyl (C=O) groups excluding carboxylic acids is 1. The van der Waals surface area contributed by atoms with Crippen LogP contribution in [0.2, 0.25) is 15.1 Å². The van der Waals surface area contributed by atoms with Crippen LogP contribution in [0.4, 0.5) is 18.9 Å². The molecule has 10 heteroatoms. The molecule has 0 aromatic heterocycles. The number of carbonyl (C=O) groups is 1. The van der Waals surface area contributed by atoms with Gasteiger partial charge in [-0.15, -0.1) is 0 Å². The SMILES string of the molecule is CCOC(=O)C1=NN(c2ccc(Cl)cc2Cl)[C@@H](c2ccc(Cl)cc2)[C@@H]1C(F)(F)F. The van der Waals surface area contributed by atoms with Crippen LogP contribution in [0, 0.1) is 5.92 Å². The van der Waals surface area contributed by atoms with Crippen LogP contribution < -0.4 is 5.01 Å². The molecule has 0 aliphatic carbocycles. The summed E-state index contributed by atoms with van der Waals surface area (Å²) < 4.78 is 47.1. The molecule has 2 aromatic rings. The van der Waals surface area contributed by atoms with Crippen LogP contribution in [0.1, 0.15) is 18.5 Å². The molecule has 2 atom stereocenters. The molecule has 0 spiro atoms. The fourth-order valence-electron chi connectivity index (χ4n) is 3.10. The highest BCUT2D eigenvalue weighted by Gasteiger charge is 2.57. The van der Waals surface area contributed by atoms with Crippen molar-refractivity contribution in [3.63, 3.8) is 0 Å². The summed E-state index contributed by atoms with van der Waals surface area (Å²) in [6.07, 6.45) is -4.77. The molecule has 1 aliphatic rings. The summed E-state index contributed by atoms with van der Waals surface area (Å²) in [5.74, 6) is -3.36. The zero-order valence-electron chi connectivity index (χ0n) is 14.9. The number of hydrogen-bond acceptors (Lipinski definition) is 4. The van der Waals surface area contributed by atoms with Crippen molar-refractivity contribution in [1.29, 1.82) is 0 Å². The van der Waals surface area contributed by atoms with E-state index in [1.165, 1.54) is 49.4 Å². The number of hydrogen-bond donors (Lipinski definition) is 0. The van der Waals surface area contributed by atoms with Crippen molar-refractivity contribution in [3.05, 3.63) is 63.1 Å². The number of esters is 1. The first-order chi connectivity index (χ1) is 13.6. The predicted molar refractivity (Wildman–Crippen MR) is 107 cm³/mol. The molecule has 0 bridgehead atoms. The molecule has 2 aromatic carbocycles. The number of rotatable bonds is 4. The second-order valence-corrected chi connectivity index (χ2v) is 7.44. The van der Waals surface area contributed by atoms with Gasteiger partial charge in [0.25, 0.3) is 0 Å². The van der Waals surface area contributed by atoms with Crippen molar-refractivity contribution in [2.24, 2.45) is 11.0 Å².